The summed E-state index contributed by atoms with van der Waals surface area (Å²) in [5.74, 6) is -3.47. The molecule has 2 saturated carbocycles. The van der Waals surface area contributed by atoms with Gasteiger partial charge in [-0.25, -0.2) is 18.6 Å². The number of allylic oxidation sites excluding steroid dienone is 1. The lowest BCUT2D eigenvalue weighted by Gasteiger charge is -2.36. The predicted molar refractivity (Wildman–Crippen MR) is 189 cm³/mol. The number of ether oxygens (including phenoxy) is 2. The number of benzene rings is 1. The molecule has 2 unspecified atom stereocenters. The van der Waals surface area contributed by atoms with Crippen molar-refractivity contribution in [1.29, 1.82) is 0 Å². The first-order valence-corrected chi connectivity index (χ1v) is 20.2. The third-order valence-corrected chi connectivity index (χ3v) is 15.1. The highest BCUT2D eigenvalue weighted by molar-refractivity contribution is 6.74. The van der Waals surface area contributed by atoms with E-state index < -0.39 is 48.9 Å². The van der Waals surface area contributed by atoms with Gasteiger partial charge in [-0.2, -0.15) is 0 Å². The van der Waals surface area contributed by atoms with E-state index >= 15 is 8.78 Å². The number of alkyl halides is 3. The number of nitrogens with zero attached hydrogens (tertiary/aromatic N) is 3. The summed E-state index contributed by atoms with van der Waals surface area (Å²) in [4.78, 5) is 19.3. The van der Waals surface area contributed by atoms with Gasteiger partial charge in [0.1, 0.15) is 11.3 Å². The van der Waals surface area contributed by atoms with Crippen LogP contribution in [0.2, 0.25) is 18.1 Å². The number of carbonyl (C=O) groups excluding carboxylic acids is 1. The number of halogens is 5. The van der Waals surface area contributed by atoms with E-state index in [0.29, 0.717) is 30.1 Å². The Bertz CT molecular complexity index is 1910. The maximum atomic E-state index is 17.4. The molecule has 0 spiro atoms. The molecule has 0 radical (unpaired) electrons. The van der Waals surface area contributed by atoms with Gasteiger partial charge in [0, 0.05) is 42.0 Å². The number of hydrogen-bond donors (Lipinski definition) is 1. The molecule has 3 heterocycles. The normalized spacial score (nSPS) is 20.9. The lowest BCUT2D eigenvalue weighted by atomic mass is 9.97. The summed E-state index contributed by atoms with van der Waals surface area (Å²) >= 11 is 0. The minimum absolute atomic E-state index is 0.0664. The molecule has 2 atom stereocenters. The average Bonchev–Trinajstić information content (AvgIpc) is 3.85. The number of rotatable bonds is 8. The highest BCUT2D eigenvalue weighted by Gasteiger charge is 2.60. The van der Waals surface area contributed by atoms with Gasteiger partial charge in [0.25, 0.3) is 0 Å². The van der Waals surface area contributed by atoms with Crippen molar-refractivity contribution in [1.82, 2.24) is 14.5 Å². The van der Waals surface area contributed by atoms with Crippen LogP contribution in [0.25, 0.3) is 27.7 Å². The van der Waals surface area contributed by atoms with Crippen molar-refractivity contribution in [3.63, 3.8) is 0 Å². The average molecular weight is 735 g/mol. The van der Waals surface area contributed by atoms with Crippen molar-refractivity contribution in [2.75, 3.05) is 18.8 Å². The number of anilines is 1. The molecular weight excluding hydrogens is 688 g/mol. The first-order chi connectivity index (χ1) is 23.4. The number of hydrogen-bond acceptors (Lipinski definition) is 6. The van der Waals surface area contributed by atoms with Gasteiger partial charge in [0.05, 0.1) is 23.4 Å². The van der Waals surface area contributed by atoms with Crippen LogP contribution in [0.3, 0.4) is 0 Å². The molecule has 3 aromatic rings. The number of nitrogen functional groups attached to an aromatic ring is 1. The summed E-state index contributed by atoms with van der Waals surface area (Å²) in [6.07, 6.45) is -4.14. The first kappa shape index (κ1) is 37.1. The monoisotopic (exact) mass is 734 g/mol. The van der Waals surface area contributed by atoms with Gasteiger partial charge < -0.3 is 29.1 Å². The summed E-state index contributed by atoms with van der Waals surface area (Å²) in [7, 11) is -2.33. The zero-order valence-corrected chi connectivity index (χ0v) is 31.6. The van der Waals surface area contributed by atoms with Crippen LogP contribution in [0.1, 0.15) is 90.2 Å². The molecule has 1 aromatic carbocycles. The predicted octanol–water partition coefficient (Wildman–Crippen LogP) is 9.93. The fourth-order valence-corrected chi connectivity index (χ4v) is 8.01. The molecule has 278 valence electrons. The van der Waals surface area contributed by atoms with Gasteiger partial charge in [-0.15, -0.1) is 13.2 Å². The van der Waals surface area contributed by atoms with Gasteiger partial charge in [-0.3, -0.25) is 0 Å². The Morgan fingerprint density at radius 2 is 1.67 bits per heavy atom. The summed E-state index contributed by atoms with van der Waals surface area (Å²) in [5.41, 5.74) is 6.44. The molecule has 8 nitrogen and oxygen atoms in total. The third-order valence-electron chi connectivity index (χ3n) is 10.6. The Kier molecular flexibility index (Phi) is 8.89. The molecule has 2 N–H and O–H groups in total. The molecule has 1 amide bonds. The fourth-order valence-electron chi connectivity index (χ4n) is 7.08. The number of carbonyl (C=O) groups is 1. The Hall–Kier alpha value is -3.65. The van der Waals surface area contributed by atoms with E-state index in [1.54, 1.807) is 11.8 Å². The van der Waals surface area contributed by atoms with Gasteiger partial charge in [0.2, 0.25) is 0 Å². The fraction of sp³-hybridized carbons (Fsp3) is 0.568. The number of aromatic nitrogens is 2. The lowest BCUT2D eigenvalue weighted by molar-refractivity contribution is -0.275. The SMILES string of the molecule is C=C(C)c1nc(-c2cc(N)cc(F)c2OC(F)(F)F)c(F)c2c1c(C1C3CN(C(=O)OC(C)(C)C)CC31)c(CO[Si](C)(C)C(C)(C)C)n2C1CC1. The van der Waals surface area contributed by atoms with E-state index in [0.717, 1.165) is 30.2 Å². The molecule has 2 aromatic heterocycles. The quantitative estimate of drug-likeness (QED) is 0.141. The molecule has 0 bridgehead atoms. The summed E-state index contributed by atoms with van der Waals surface area (Å²) in [6.45, 7) is 23.1. The maximum Gasteiger partial charge on any atom is 0.573 e. The summed E-state index contributed by atoms with van der Waals surface area (Å²) < 4.78 is 91.6. The van der Waals surface area contributed by atoms with E-state index in [9.17, 15) is 18.0 Å². The van der Waals surface area contributed by atoms with Crippen LogP contribution in [0.5, 0.6) is 5.75 Å². The van der Waals surface area contributed by atoms with Crippen LogP contribution in [-0.4, -0.2) is 53.9 Å². The van der Waals surface area contributed by atoms with Crippen LogP contribution >= 0.6 is 0 Å². The zero-order chi connectivity index (χ0) is 37.7. The zero-order valence-electron chi connectivity index (χ0n) is 30.6. The Morgan fingerprint density at radius 3 is 2.18 bits per heavy atom. The van der Waals surface area contributed by atoms with Gasteiger partial charge >= 0.3 is 12.5 Å². The molecular formula is C37H47F5N4O4Si. The second kappa shape index (κ2) is 12.2. The van der Waals surface area contributed by atoms with Crippen LogP contribution in [-0.2, 0) is 15.8 Å². The second-order valence-electron chi connectivity index (χ2n) is 16.8. The smallest absolute Gasteiger partial charge is 0.444 e. The number of piperidine rings is 1. The standard InChI is InChI=1S/C37H47F5N4O4Si/c1-18(2)30-28-27(26-22-15-45(16-23(22)26)34(47)50-35(3,4)5)25(17-48-51(9,10)36(6,7)8)46(20-11-12-20)32(28)29(39)31(44-30)21-13-19(43)14-24(38)33(21)49-37(40,41)42/h13-14,20,22-23,26H,1,11-12,15-17,43H2,2-10H3. The topological polar surface area (TPSA) is 91.8 Å². The van der Waals surface area contributed by atoms with E-state index in [1.807, 2.05) is 25.3 Å². The molecule has 3 fully saturated rings. The van der Waals surface area contributed by atoms with Crippen molar-refractivity contribution in [2.24, 2.45) is 11.8 Å². The van der Waals surface area contributed by atoms with Gasteiger partial charge in [-0.05, 0) is 93.6 Å². The minimum Gasteiger partial charge on any atom is -0.444 e. The summed E-state index contributed by atoms with van der Waals surface area (Å²) in [5, 5.41) is 0.387. The van der Waals surface area contributed by atoms with Crippen LogP contribution in [0, 0.1) is 23.5 Å². The molecule has 1 saturated heterocycles. The summed E-state index contributed by atoms with van der Waals surface area (Å²) in [6, 6.07) is 1.63. The number of pyridine rings is 1. The second-order valence-corrected chi connectivity index (χ2v) is 21.6. The lowest BCUT2D eigenvalue weighted by Crippen LogP contribution is -2.40. The molecule has 3 aliphatic rings. The maximum absolute atomic E-state index is 17.4. The van der Waals surface area contributed by atoms with Crippen molar-refractivity contribution in [3.05, 3.63) is 47.3 Å². The Morgan fingerprint density at radius 1 is 1.06 bits per heavy atom. The van der Waals surface area contributed by atoms with E-state index in [4.69, 9.17) is 14.9 Å². The number of likely N-dealkylation sites (tertiary alicyclic amines) is 1. The Balaban J connectivity index is 1.58. The van der Waals surface area contributed by atoms with E-state index in [2.05, 4.69) is 50.2 Å². The minimum atomic E-state index is -5.27. The van der Waals surface area contributed by atoms with Crippen molar-refractivity contribution >= 4 is 36.6 Å². The van der Waals surface area contributed by atoms with E-state index in [-0.39, 0.29) is 58.4 Å². The highest BCUT2D eigenvalue weighted by atomic mass is 28.4. The van der Waals surface area contributed by atoms with Crippen molar-refractivity contribution in [3.8, 4) is 17.0 Å². The van der Waals surface area contributed by atoms with Crippen molar-refractivity contribution < 1.29 is 40.6 Å². The number of fused-ring (bicyclic) bond motifs is 2. The highest BCUT2D eigenvalue weighted by Crippen LogP contribution is 2.62. The van der Waals surface area contributed by atoms with Crippen molar-refractivity contribution in [2.45, 2.75) is 110 Å². The van der Waals surface area contributed by atoms with Crippen LogP contribution < -0.4 is 10.5 Å². The number of nitrogens with two attached hydrogens (primary N) is 1. The Labute approximate surface area is 296 Å². The molecule has 14 heteroatoms. The molecule has 2 aliphatic carbocycles. The molecule has 1 aliphatic heterocycles. The third kappa shape index (κ3) is 6.97. The molecule has 51 heavy (non-hydrogen) atoms. The van der Waals surface area contributed by atoms with Crippen LogP contribution in [0.15, 0.2) is 18.7 Å². The molecule has 6 rings (SSSR count). The van der Waals surface area contributed by atoms with Gasteiger partial charge in [0.15, 0.2) is 25.7 Å². The van der Waals surface area contributed by atoms with Crippen LogP contribution in [0.4, 0.5) is 32.4 Å². The first-order valence-electron chi connectivity index (χ1n) is 17.3. The van der Waals surface area contributed by atoms with Gasteiger partial charge in [-0.1, -0.05) is 27.4 Å². The largest absolute Gasteiger partial charge is 0.573 e. The van der Waals surface area contributed by atoms with E-state index in [1.165, 1.54) is 0 Å². The number of amides is 1.